The summed E-state index contributed by atoms with van der Waals surface area (Å²) < 4.78 is 1.94. The fourth-order valence-electron chi connectivity index (χ4n) is 3.71. The first-order valence-electron chi connectivity index (χ1n) is 9.74. The van der Waals surface area contributed by atoms with Crippen molar-refractivity contribution in [1.82, 2.24) is 14.5 Å². The number of carbonyl (C=O) groups is 2. The quantitative estimate of drug-likeness (QED) is 0.717. The second-order valence-electron chi connectivity index (χ2n) is 7.50. The molecule has 1 fully saturated rings. The number of aliphatic hydroxyl groups excluding tert-OH is 1. The van der Waals surface area contributed by atoms with Crippen LogP contribution in [0.5, 0.6) is 0 Å². The number of fused-ring (bicyclic) bond motifs is 1. The lowest BCUT2D eigenvalue weighted by Crippen LogP contribution is -2.42. The van der Waals surface area contributed by atoms with E-state index in [0.717, 1.165) is 29.7 Å². The normalized spacial score (nSPS) is 16.8. The Kier molecular flexibility index (Phi) is 5.07. The van der Waals surface area contributed by atoms with E-state index in [9.17, 15) is 14.7 Å². The summed E-state index contributed by atoms with van der Waals surface area (Å²) in [6.07, 6.45) is 1.04. The summed E-state index contributed by atoms with van der Waals surface area (Å²) in [7, 11) is 1.92. The van der Waals surface area contributed by atoms with E-state index in [2.05, 4.69) is 10.3 Å². The van der Waals surface area contributed by atoms with Gasteiger partial charge in [-0.2, -0.15) is 0 Å². The minimum absolute atomic E-state index is 0.133. The smallest absolute Gasteiger partial charge is 0.255 e. The first-order chi connectivity index (χ1) is 13.9. The maximum Gasteiger partial charge on any atom is 0.255 e. The van der Waals surface area contributed by atoms with E-state index in [4.69, 9.17) is 0 Å². The van der Waals surface area contributed by atoms with Gasteiger partial charge >= 0.3 is 0 Å². The average molecular weight is 392 g/mol. The zero-order valence-corrected chi connectivity index (χ0v) is 16.6. The molecule has 0 saturated carbocycles. The Hall–Kier alpha value is -3.19. The second kappa shape index (κ2) is 7.67. The van der Waals surface area contributed by atoms with Crippen molar-refractivity contribution in [2.45, 2.75) is 25.9 Å². The third-order valence-corrected chi connectivity index (χ3v) is 5.42. The van der Waals surface area contributed by atoms with Crippen molar-refractivity contribution in [3.8, 4) is 0 Å². The predicted octanol–water partition coefficient (Wildman–Crippen LogP) is 2.73. The number of anilines is 1. The fraction of sp³-hybridized carbons (Fsp3) is 0.318. The molecule has 2 heterocycles. The van der Waals surface area contributed by atoms with E-state index < -0.39 is 6.10 Å². The molecule has 1 aliphatic rings. The summed E-state index contributed by atoms with van der Waals surface area (Å²) >= 11 is 0. The minimum atomic E-state index is -0.471. The summed E-state index contributed by atoms with van der Waals surface area (Å²) in [6.45, 7) is 2.90. The number of hydrogen-bond donors (Lipinski definition) is 2. The third kappa shape index (κ3) is 3.86. The van der Waals surface area contributed by atoms with Crippen molar-refractivity contribution >= 4 is 28.5 Å². The van der Waals surface area contributed by atoms with Crippen LogP contribution in [0, 0.1) is 6.92 Å². The van der Waals surface area contributed by atoms with Crippen molar-refractivity contribution < 1.29 is 14.7 Å². The monoisotopic (exact) mass is 392 g/mol. The van der Waals surface area contributed by atoms with Crippen molar-refractivity contribution in [2.24, 2.45) is 7.05 Å². The van der Waals surface area contributed by atoms with Gasteiger partial charge in [-0.05, 0) is 56.2 Å². The topological polar surface area (TPSA) is 87.5 Å². The zero-order chi connectivity index (χ0) is 20.5. The van der Waals surface area contributed by atoms with E-state index in [1.54, 1.807) is 35.2 Å². The standard InChI is InChI=1S/C22H24N4O3/c1-14-23-19-9-8-15(12-20(19)25(14)2)21(28)24-17-6-3-5-16(11-17)22(29)26-10-4-7-18(27)13-26/h3,5-6,8-9,11-12,18,27H,4,7,10,13H2,1-2H3,(H,24,28)/t18-/m0/s1. The molecule has 0 bridgehead atoms. The van der Waals surface area contributed by atoms with Gasteiger partial charge in [-0.3, -0.25) is 9.59 Å². The third-order valence-electron chi connectivity index (χ3n) is 5.42. The molecular weight excluding hydrogens is 368 g/mol. The van der Waals surface area contributed by atoms with E-state index in [1.807, 2.05) is 30.7 Å². The number of aromatic nitrogens is 2. The van der Waals surface area contributed by atoms with E-state index >= 15 is 0 Å². The summed E-state index contributed by atoms with van der Waals surface area (Å²) in [5.41, 5.74) is 3.31. The Balaban J connectivity index is 1.52. The number of nitrogens with one attached hydrogen (secondary N) is 1. The van der Waals surface area contributed by atoms with Crippen LogP contribution in [0.1, 0.15) is 39.4 Å². The van der Waals surface area contributed by atoms with Gasteiger partial charge < -0.3 is 19.9 Å². The Labute approximate surface area is 169 Å². The summed E-state index contributed by atoms with van der Waals surface area (Å²) in [5, 5.41) is 12.7. The number of β-amino-alcohol motifs (C(OH)–C–C–N with tert-alkyl or cyclic N) is 1. The van der Waals surface area contributed by atoms with Crippen molar-refractivity contribution in [3.05, 3.63) is 59.4 Å². The van der Waals surface area contributed by atoms with E-state index in [0.29, 0.717) is 29.9 Å². The van der Waals surface area contributed by atoms with Gasteiger partial charge in [0.1, 0.15) is 5.82 Å². The minimum Gasteiger partial charge on any atom is -0.391 e. The second-order valence-corrected chi connectivity index (χ2v) is 7.50. The highest BCUT2D eigenvalue weighted by Crippen LogP contribution is 2.20. The zero-order valence-electron chi connectivity index (χ0n) is 16.6. The van der Waals surface area contributed by atoms with Crippen molar-refractivity contribution in [2.75, 3.05) is 18.4 Å². The lowest BCUT2D eigenvalue weighted by Gasteiger charge is -2.30. The number of piperidine rings is 1. The van der Waals surface area contributed by atoms with Crippen LogP contribution < -0.4 is 5.32 Å². The molecule has 0 radical (unpaired) electrons. The first kappa shape index (κ1) is 19.1. The largest absolute Gasteiger partial charge is 0.391 e. The van der Waals surface area contributed by atoms with Crippen molar-refractivity contribution in [1.29, 1.82) is 0 Å². The molecule has 3 aromatic rings. The molecule has 1 aromatic heterocycles. The fourth-order valence-corrected chi connectivity index (χ4v) is 3.71. The molecular formula is C22H24N4O3. The molecule has 2 aromatic carbocycles. The molecule has 0 aliphatic carbocycles. The van der Waals surface area contributed by atoms with Gasteiger partial charge in [0.15, 0.2) is 0 Å². The molecule has 2 amide bonds. The molecule has 0 unspecified atom stereocenters. The number of aryl methyl sites for hydroxylation is 2. The predicted molar refractivity (Wildman–Crippen MR) is 111 cm³/mol. The van der Waals surface area contributed by atoms with Crippen LogP contribution in [0.3, 0.4) is 0 Å². The molecule has 4 rings (SSSR count). The molecule has 7 nitrogen and oxygen atoms in total. The highest BCUT2D eigenvalue weighted by Gasteiger charge is 2.23. The Morgan fingerprint density at radius 3 is 2.79 bits per heavy atom. The number of aliphatic hydroxyl groups is 1. The SMILES string of the molecule is Cc1nc2ccc(C(=O)Nc3cccc(C(=O)N4CCC[C@H](O)C4)c3)cc2n1C. The van der Waals surface area contributed by atoms with Gasteiger partial charge in [0.2, 0.25) is 0 Å². The number of hydrogen-bond acceptors (Lipinski definition) is 4. The number of benzene rings is 2. The molecule has 1 aliphatic heterocycles. The van der Waals surface area contributed by atoms with Crippen LogP contribution in [0.25, 0.3) is 11.0 Å². The van der Waals surface area contributed by atoms with Crippen LogP contribution in [-0.4, -0.2) is 50.6 Å². The Bertz CT molecular complexity index is 1090. The summed E-state index contributed by atoms with van der Waals surface area (Å²) in [6, 6.07) is 12.3. The number of carbonyl (C=O) groups excluding carboxylic acids is 2. The van der Waals surface area contributed by atoms with E-state index in [1.165, 1.54) is 0 Å². The van der Waals surface area contributed by atoms with Gasteiger partial charge in [0.05, 0.1) is 17.1 Å². The van der Waals surface area contributed by atoms with Crippen LogP contribution >= 0.6 is 0 Å². The number of amides is 2. The number of rotatable bonds is 3. The lowest BCUT2D eigenvalue weighted by molar-refractivity contribution is 0.0474. The van der Waals surface area contributed by atoms with Crippen LogP contribution in [-0.2, 0) is 7.05 Å². The Morgan fingerprint density at radius 1 is 1.17 bits per heavy atom. The average Bonchev–Trinajstić information content (AvgIpc) is 3.01. The Morgan fingerprint density at radius 2 is 2.00 bits per heavy atom. The maximum absolute atomic E-state index is 12.7. The molecule has 150 valence electrons. The van der Waals surface area contributed by atoms with Crippen LogP contribution in [0.2, 0.25) is 0 Å². The number of likely N-dealkylation sites (tertiary alicyclic amines) is 1. The molecule has 2 N–H and O–H groups in total. The molecule has 0 spiro atoms. The number of imidazole rings is 1. The lowest BCUT2D eigenvalue weighted by atomic mass is 10.1. The van der Waals surface area contributed by atoms with Gasteiger partial charge in [-0.15, -0.1) is 0 Å². The van der Waals surface area contributed by atoms with Gasteiger partial charge in [0, 0.05) is 37.0 Å². The van der Waals surface area contributed by atoms with Crippen LogP contribution in [0.4, 0.5) is 5.69 Å². The summed E-state index contributed by atoms with van der Waals surface area (Å²) in [5.74, 6) is 0.502. The highest BCUT2D eigenvalue weighted by molar-refractivity contribution is 6.06. The first-order valence-corrected chi connectivity index (χ1v) is 9.74. The maximum atomic E-state index is 12.7. The van der Waals surface area contributed by atoms with Crippen molar-refractivity contribution in [3.63, 3.8) is 0 Å². The molecule has 1 atom stereocenters. The molecule has 29 heavy (non-hydrogen) atoms. The van der Waals surface area contributed by atoms with E-state index in [-0.39, 0.29) is 11.8 Å². The molecule has 7 heteroatoms. The van der Waals surface area contributed by atoms with Gasteiger partial charge in [0.25, 0.3) is 11.8 Å². The van der Waals surface area contributed by atoms with Crippen LogP contribution in [0.15, 0.2) is 42.5 Å². The molecule has 1 saturated heterocycles. The van der Waals surface area contributed by atoms with Gasteiger partial charge in [-0.1, -0.05) is 6.07 Å². The summed E-state index contributed by atoms with van der Waals surface area (Å²) in [4.78, 5) is 31.6. The van der Waals surface area contributed by atoms with Gasteiger partial charge in [-0.25, -0.2) is 4.98 Å². The highest BCUT2D eigenvalue weighted by atomic mass is 16.3. The number of nitrogens with zero attached hydrogens (tertiary/aromatic N) is 3.